The van der Waals surface area contributed by atoms with Gasteiger partial charge in [0.25, 0.3) is 11.1 Å². The quantitative estimate of drug-likeness (QED) is 0.503. The molecule has 0 aromatic heterocycles. The van der Waals surface area contributed by atoms with Gasteiger partial charge in [0.1, 0.15) is 6.07 Å². The summed E-state index contributed by atoms with van der Waals surface area (Å²) >= 11 is 12.8. The van der Waals surface area contributed by atoms with Crippen LogP contribution < -0.4 is 9.47 Å². The molecule has 154 valence electrons. The Kier molecular flexibility index (Phi) is 7.27. The first kappa shape index (κ1) is 22.0. The topological polar surface area (TPSA) is 79.6 Å². The fourth-order valence-corrected chi connectivity index (χ4v) is 3.88. The summed E-state index contributed by atoms with van der Waals surface area (Å²) in [7, 11) is 0. The Morgan fingerprint density at radius 3 is 2.60 bits per heavy atom. The standard InChI is InChI=1S/C21H16Cl2N2O4S/c1-2-28-18-10-13(4-6-17(18)29-8-7-24)11-19-20(26)25(21(27)30-19)12-14-3-5-15(22)16(23)9-14/h3-6,9-11H,2,8,12H2,1H3/b19-11-. The zero-order valence-corrected chi connectivity index (χ0v) is 18.2. The fraction of sp³-hybridized carbons (Fsp3) is 0.190. The molecule has 1 heterocycles. The van der Waals surface area contributed by atoms with Crippen molar-refractivity contribution in [1.82, 2.24) is 4.90 Å². The Morgan fingerprint density at radius 1 is 1.10 bits per heavy atom. The summed E-state index contributed by atoms with van der Waals surface area (Å²) in [6, 6.07) is 12.0. The maximum absolute atomic E-state index is 12.8. The van der Waals surface area contributed by atoms with Gasteiger partial charge in [-0.3, -0.25) is 14.5 Å². The number of hydrogen-bond acceptors (Lipinski definition) is 6. The number of imide groups is 1. The molecule has 0 radical (unpaired) electrons. The van der Waals surface area contributed by atoms with Crippen LogP contribution in [0.5, 0.6) is 11.5 Å². The van der Waals surface area contributed by atoms with E-state index in [9.17, 15) is 9.59 Å². The number of hydrogen-bond donors (Lipinski definition) is 0. The molecule has 0 atom stereocenters. The number of ether oxygens (including phenoxy) is 2. The lowest BCUT2D eigenvalue weighted by Crippen LogP contribution is -2.27. The second-order valence-electron chi connectivity index (χ2n) is 6.10. The van der Waals surface area contributed by atoms with Crippen molar-refractivity contribution in [1.29, 1.82) is 5.26 Å². The normalized spacial score (nSPS) is 14.9. The van der Waals surface area contributed by atoms with Crippen LogP contribution >= 0.6 is 35.0 Å². The van der Waals surface area contributed by atoms with Gasteiger partial charge in [-0.25, -0.2) is 0 Å². The van der Waals surface area contributed by atoms with Crippen LogP contribution in [0, 0.1) is 11.3 Å². The number of nitriles is 1. The van der Waals surface area contributed by atoms with E-state index < -0.39 is 0 Å². The molecule has 1 fully saturated rings. The van der Waals surface area contributed by atoms with Crippen LogP contribution in [0.4, 0.5) is 4.79 Å². The first-order chi connectivity index (χ1) is 14.4. The van der Waals surface area contributed by atoms with Gasteiger partial charge in [-0.1, -0.05) is 35.3 Å². The summed E-state index contributed by atoms with van der Waals surface area (Å²) in [5.74, 6) is 0.499. The molecule has 0 aliphatic carbocycles. The number of carbonyl (C=O) groups excluding carboxylic acids is 2. The van der Waals surface area contributed by atoms with Crippen molar-refractivity contribution in [3.05, 3.63) is 62.5 Å². The second kappa shape index (κ2) is 9.90. The number of carbonyl (C=O) groups is 2. The van der Waals surface area contributed by atoms with Crippen molar-refractivity contribution < 1.29 is 19.1 Å². The molecule has 0 saturated carbocycles. The molecule has 6 nitrogen and oxygen atoms in total. The molecule has 1 saturated heterocycles. The van der Waals surface area contributed by atoms with Crippen molar-refractivity contribution in [2.75, 3.05) is 13.2 Å². The molecule has 0 spiro atoms. The van der Waals surface area contributed by atoms with Gasteiger partial charge in [0.15, 0.2) is 18.1 Å². The predicted octanol–water partition coefficient (Wildman–Crippen LogP) is 5.53. The molecule has 1 aliphatic rings. The highest BCUT2D eigenvalue weighted by molar-refractivity contribution is 8.18. The number of thioether (sulfide) groups is 1. The number of nitrogens with zero attached hydrogens (tertiary/aromatic N) is 2. The maximum Gasteiger partial charge on any atom is 0.293 e. The van der Waals surface area contributed by atoms with E-state index in [0.29, 0.717) is 44.2 Å². The molecule has 2 aromatic carbocycles. The molecular weight excluding hydrogens is 447 g/mol. The van der Waals surface area contributed by atoms with Crippen LogP contribution in [-0.2, 0) is 11.3 Å². The molecule has 3 rings (SSSR count). The zero-order chi connectivity index (χ0) is 21.7. The molecule has 0 bridgehead atoms. The maximum atomic E-state index is 12.8. The largest absolute Gasteiger partial charge is 0.490 e. The van der Waals surface area contributed by atoms with Crippen molar-refractivity contribution in [3.63, 3.8) is 0 Å². The van der Waals surface area contributed by atoms with Crippen molar-refractivity contribution in [2.45, 2.75) is 13.5 Å². The van der Waals surface area contributed by atoms with Crippen LogP contribution in [0.1, 0.15) is 18.1 Å². The molecule has 2 aromatic rings. The van der Waals surface area contributed by atoms with Gasteiger partial charge in [0.05, 0.1) is 28.1 Å². The van der Waals surface area contributed by atoms with E-state index in [0.717, 1.165) is 16.7 Å². The lowest BCUT2D eigenvalue weighted by Gasteiger charge is -2.13. The monoisotopic (exact) mass is 462 g/mol. The Hall–Kier alpha value is -2.66. The number of halogens is 2. The Balaban J connectivity index is 1.81. The summed E-state index contributed by atoms with van der Waals surface area (Å²) < 4.78 is 10.9. The third kappa shape index (κ3) is 5.08. The fourth-order valence-electron chi connectivity index (χ4n) is 2.72. The molecule has 1 aliphatic heterocycles. The Morgan fingerprint density at radius 2 is 1.90 bits per heavy atom. The number of rotatable bonds is 7. The van der Waals surface area contributed by atoms with E-state index in [1.54, 1.807) is 42.5 Å². The zero-order valence-electron chi connectivity index (χ0n) is 15.9. The molecular formula is C21H16Cl2N2O4S. The second-order valence-corrected chi connectivity index (χ2v) is 7.91. The third-order valence-corrected chi connectivity index (χ3v) is 5.70. The first-order valence-electron chi connectivity index (χ1n) is 8.88. The average Bonchev–Trinajstić information content (AvgIpc) is 2.98. The summed E-state index contributed by atoms with van der Waals surface area (Å²) in [4.78, 5) is 26.6. The Bertz CT molecular complexity index is 1070. The highest BCUT2D eigenvalue weighted by Crippen LogP contribution is 2.36. The van der Waals surface area contributed by atoms with Gasteiger partial charge in [0, 0.05) is 0 Å². The Labute approximate surface area is 188 Å². The van der Waals surface area contributed by atoms with Gasteiger partial charge in [-0.2, -0.15) is 5.26 Å². The predicted molar refractivity (Wildman–Crippen MR) is 117 cm³/mol. The third-order valence-electron chi connectivity index (χ3n) is 4.06. The van der Waals surface area contributed by atoms with Gasteiger partial charge >= 0.3 is 0 Å². The lowest BCUT2D eigenvalue weighted by molar-refractivity contribution is -0.123. The van der Waals surface area contributed by atoms with Gasteiger partial charge < -0.3 is 9.47 Å². The smallest absolute Gasteiger partial charge is 0.293 e. The minimum absolute atomic E-state index is 0.101. The van der Waals surface area contributed by atoms with E-state index in [1.807, 2.05) is 13.0 Å². The van der Waals surface area contributed by atoms with Gasteiger partial charge in [-0.15, -0.1) is 0 Å². The van der Waals surface area contributed by atoms with E-state index in [4.69, 9.17) is 37.9 Å². The van der Waals surface area contributed by atoms with Crippen molar-refractivity contribution in [2.24, 2.45) is 0 Å². The SMILES string of the molecule is CCOc1cc(/C=C2\SC(=O)N(Cc3ccc(Cl)c(Cl)c3)C2=O)ccc1OCC#N. The first-order valence-corrected chi connectivity index (χ1v) is 10.5. The average molecular weight is 463 g/mol. The van der Waals surface area contributed by atoms with E-state index in [1.165, 1.54) is 0 Å². The van der Waals surface area contributed by atoms with Gasteiger partial charge in [0.2, 0.25) is 0 Å². The van der Waals surface area contributed by atoms with Crippen LogP contribution in [0.3, 0.4) is 0 Å². The van der Waals surface area contributed by atoms with Crippen molar-refractivity contribution in [3.8, 4) is 17.6 Å². The molecule has 30 heavy (non-hydrogen) atoms. The highest BCUT2D eigenvalue weighted by atomic mass is 35.5. The summed E-state index contributed by atoms with van der Waals surface area (Å²) in [6.45, 7) is 2.23. The van der Waals surface area contributed by atoms with Crippen LogP contribution in [0.2, 0.25) is 10.0 Å². The van der Waals surface area contributed by atoms with E-state index in [-0.39, 0.29) is 24.3 Å². The minimum atomic E-state index is -0.390. The lowest BCUT2D eigenvalue weighted by atomic mass is 10.1. The summed E-state index contributed by atoms with van der Waals surface area (Å²) in [5.41, 5.74) is 1.37. The molecule has 0 unspecified atom stereocenters. The van der Waals surface area contributed by atoms with Crippen molar-refractivity contribution >= 4 is 52.2 Å². The van der Waals surface area contributed by atoms with E-state index in [2.05, 4.69) is 0 Å². The number of benzene rings is 2. The minimum Gasteiger partial charge on any atom is -0.490 e. The number of amides is 2. The van der Waals surface area contributed by atoms with E-state index >= 15 is 0 Å². The summed E-state index contributed by atoms with van der Waals surface area (Å²) in [6.07, 6.45) is 1.62. The van der Waals surface area contributed by atoms with Crippen LogP contribution in [0.15, 0.2) is 41.3 Å². The van der Waals surface area contributed by atoms with Gasteiger partial charge in [-0.05, 0) is 60.2 Å². The molecule has 9 heteroatoms. The van der Waals surface area contributed by atoms with Crippen LogP contribution in [0.25, 0.3) is 6.08 Å². The molecule has 2 amide bonds. The summed E-state index contributed by atoms with van der Waals surface area (Å²) in [5, 5.41) is 9.09. The highest BCUT2D eigenvalue weighted by Gasteiger charge is 2.35. The van der Waals surface area contributed by atoms with Crippen LogP contribution in [-0.4, -0.2) is 29.3 Å². The molecule has 0 N–H and O–H groups in total.